The number of ether oxygens (including phenoxy) is 1. The fourth-order valence-corrected chi connectivity index (χ4v) is 6.67. The molecule has 3 aromatic heterocycles. The summed E-state index contributed by atoms with van der Waals surface area (Å²) in [5.74, 6) is 0.332. The number of thiazole rings is 1. The fourth-order valence-electron chi connectivity index (χ4n) is 4.87. The van der Waals surface area contributed by atoms with Crippen LogP contribution in [0.2, 0.25) is 0 Å². The van der Waals surface area contributed by atoms with E-state index in [9.17, 15) is 19.6 Å². The minimum absolute atomic E-state index is 0.0135. The van der Waals surface area contributed by atoms with Crippen LogP contribution in [-0.4, -0.2) is 87.5 Å². The Morgan fingerprint density at radius 1 is 1.25 bits per heavy atom. The van der Waals surface area contributed by atoms with Crippen molar-refractivity contribution < 1.29 is 19.0 Å². The third-order valence-corrected chi connectivity index (χ3v) is 9.09. The van der Waals surface area contributed by atoms with E-state index in [4.69, 9.17) is 19.8 Å². The average molecular weight is 583 g/mol. The fraction of sp³-hybridized carbons (Fsp3) is 0.423. The zero-order valence-electron chi connectivity index (χ0n) is 21.9. The van der Waals surface area contributed by atoms with Gasteiger partial charge in [0.25, 0.3) is 0 Å². The van der Waals surface area contributed by atoms with E-state index >= 15 is 0 Å². The van der Waals surface area contributed by atoms with Gasteiger partial charge in [0.15, 0.2) is 10.9 Å². The van der Waals surface area contributed by atoms with Crippen LogP contribution < -0.4 is 9.80 Å². The predicted octanol–water partition coefficient (Wildman–Crippen LogP) is 3.05. The van der Waals surface area contributed by atoms with Gasteiger partial charge in [-0.15, -0.1) is 5.10 Å². The quantitative estimate of drug-likeness (QED) is 0.334. The number of halogens is 1. The molecule has 1 atom stereocenters. The first-order valence-electron chi connectivity index (χ1n) is 13.0. The molecule has 40 heavy (non-hydrogen) atoms. The molecule has 1 N–H and O–H groups in total. The first-order valence-corrected chi connectivity index (χ1v) is 14.6. The molecule has 2 aliphatic rings. The summed E-state index contributed by atoms with van der Waals surface area (Å²) in [4.78, 5) is 28.6. The van der Waals surface area contributed by atoms with E-state index in [0.29, 0.717) is 47.3 Å². The molecule has 0 aliphatic carbocycles. The van der Waals surface area contributed by atoms with Gasteiger partial charge in [0.2, 0.25) is 16.0 Å². The molecule has 1 amide bonds. The first kappa shape index (κ1) is 26.6. The van der Waals surface area contributed by atoms with Crippen molar-refractivity contribution in [3.8, 4) is 17.3 Å². The maximum Gasteiger partial charge on any atom is 0.248 e. The number of benzene rings is 1. The number of anilines is 3. The summed E-state index contributed by atoms with van der Waals surface area (Å²) in [6.07, 6.45) is 0.971. The summed E-state index contributed by atoms with van der Waals surface area (Å²) in [5.41, 5.74) is 2.05. The molecule has 1 unspecified atom stereocenters. The number of imidazole rings is 1. The Hall–Kier alpha value is -3.64. The Morgan fingerprint density at radius 2 is 2.02 bits per heavy atom. The molecular formula is C26H27FN8O3S2. The van der Waals surface area contributed by atoms with Crippen LogP contribution >= 0.6 is 22.7 Å². The topological polar surface area (TPSA) is 123 Å². The maximum atomic E-state index is 13.5. The number of carbonyl (C=O) groups is 1. The maximum absolute atomic E-state index is 13.5. The number of hydrogen-bond donors (Lipinski definition) is 1. The number of aryl methyl sites for hydroxylation is 1. The van der Waals surface area contributed by atoms with Crippen LogP contribution in [0.1, 0.15) is 23.9 Å². The summed E-state index contributed by atoms with van der Waals surface area (Å²) >= 11 is 2.75. The molecule has 208 valence electrons. The Morgan fingerprint density at radius 3 is 2.73 bits per heavy atom. The highest BCUT2D eigenvalue weighted by Crippen LogP contribution is 2.38. The van der Waals surface area contributed by atoms with Gasteiger partial charge in [-0.1, -0.05) is 29.6 Å². The molecule has 0 radical (unpaired) electrons. The van der Waals surface area contributed by atoms with E-state index in [1.54, 1.807) is 17.0 Å². The van der Waals surface area contributed by atoms with Crippen LogP contribution in [0.4, 0.5) is 20.5 Å². The molecule has 11 nitrogen and oxygen atoms in total. The van der Waals surface area contributed by atoms with Gasteiger partial charge < -0.3 is 24.5 Å². The zero-order chi connectivity index (χ0) is 28.0. The number of aliphatic hydroxyl groups is 1. The number of aliphatic hydroxyl groups excluding tert-OH is 1. The predicted molar refractivity (Wildman–Crippen MR) is 150 cm³/mol. The third-order valence-electron chi connectivity index (χ3n) is 7.09. The molecule has 0 bridgehead atoms. The highest BCUT2D eigenvalue weighted by Gasteiger charge is 2.32. The van der Waals surface area contributed by atoms with E-state index in [1.165, 1.54) is 34.8 Å². The second-order valence-electron chi connectivity index (χ2n) is 9.79. The molecule has 2 aliphatic heterocycles. The zero-order valence-corrected chi connectivity index (χ0v) is 23.6. The Bertz CT molecular complexity index is 1590. The molecular weight excluding hydrogens is 555 g/mol. The normalized spacial score (nSPS) is 17.4. The van der Waals surface area contributed by atoms with Crippen molar-refractivity contribution in [2.24, 2.45) is 0 Å². The monoisotopic (exact) mass is 582 g/mol. The van der Waals surface area contributed by atoms with Crippen molar-refractivity contribution in [3.63, 3.8) is 0 Å². The molecule has 1 aromatic carbocycles. The van der Waals surface area contributed by atoms with E-state index in [0.717, 1.165) is 34.6 Å². The number of fused-ring (bicyclic) bond motifs is 1. The lowest BCUT2D eigenvalue weighted by Crippen LogP contribution is -2.54. The number of β-amino-alcohol motifs (C(OH)–C–C–N with tert-alkyl or cyclic N) is 1. The van der Waals surface area contributed by atoms with Crippen LogP contribution in [0, 0.1) is 17.1 Å². The minimum atomic E-state index is -0.423. The number of hydrogen-bond acceptors (Lipinski definition) is 11. The third kappa shape index (κ3) is 4.90. The van der Waals surface area contributed by atoms with Gasteiger partial charge in [-0.05, 0) is 37.1 Å². The lowest BCUT2D eigenvalue weighted by Gasteiger charge is -2.35. The molecule has 0 saturated carbocycles. The van der Waals surface area contributed by atoms with E-state index < -0.39 is 6.10 Å². The molecule has 2 saturated heterocycles. The van der Waals surface area contributed by atoms with Crippen molar-refractivity contribution in [3.05, 3.63) is 40.7 Å². The van der Waals surface area contributed by atoms with Crippen molar-refractivity contribution in [2.75, 3.05) is 49.6 Å². The van der Waals surface area contributed by atoms with Gasteiger partial charge in [0.05, 0.1) is 17.9 Å². The van der Waals surface area contributed by atoms with Crippen molar-refractivity contribution in [2.45, 2.75) is 32.0 Å². The largest absolute Gasteiger partial charge is 0.389 e. The second kappa shape index (κ2) is 10.7. The number of nitrogens with zero attached hydrogens (tertiary/aromatic N) is 8. The number of carbonyl (C=O) groups excluding carboxylic acids is 1. The first-order chi connectivity index (χ1) is 19.3. The molecule has 5 heterocycles. The van der Waals surface area contributed by atoms with Gasteiger partial charge in [-0.2, -0.15) is 9.78 Å². The number of amides is 1. The van der Waals surface area contributed by atoms with Crippen LogP contribution in [0.5, 0.6) is 0 Å². The summed E-state index contributed by atoms with van der Waals surface area (Å²) in [7, 11) is 1.88. The summed E-state index contributed by atoms with van der Waals surface area (Å²) < 4.78 is 21.1. The second-order valence-corrected chi connectivity index (χ2v) is 11.7. The average Bonchev–Trinajstić information content (AvgIpc) is 3.72. The SMILES string of the molecule is CCc1nc2sc(N3CCC(OCC(=O)N4CC(O)C4)C3)nn2c1N(C)c1nc(-c2ccc(F)cc2)c(C#N)s1. The number of nitriles is 1. The molecule has 6 rings (SSSR count). The summed E-state index contributed by atoms with van der Waals surface area (Å²) in [6.45, 7) is 4.17. The van der Waals surface area contributed by atoms with E-state index in [1.807, 2.05) is 23.4 Å². The lowest BCUT2D eigenvalue weighted by atomic mass is 10.1. The highest BCUT2D eigenvalue weighted by molar-refractivity contribution is 7.20. The number of aromatic nitrogens is 4. The van der Waals surface area contributed by atoms with Gasteiger partial charge in [-0.25, -0.2) is 14.4 Å². The van der Waals surface area contributed by atoms with Crippen LogP contribution in [0.15, 0.2) is 24.3 Å². The number of rotatable bonds is 8. The van der Waals surface area contributed by atoms with Gasteiger partial charge >= 0.3 is 0 Å². The van der Waals surface area contributed by atoms with E-state index in [-0.39, 0.29) is 24.4 Å². The van der Waals surface area contributed by atoms with Gasteiger partial charge in [-0.3, -0.25) is 4.79 Å². The number of likely N-dealkylation sites (tertiary alicyclic amines) is 1. The van der Waals surface area contributed by atoms with Crippen LogP contribution in [0.25, 0.3) is 16.2 Å². The van der Waals surface area contributed by atoms with Gasteiger partial charge in [0, 0.05) is 38.8 Å². The van der Waals surface area contributed by atoms with E-state index in [2.05, 4.69) is 11.0 Å². The Labute approximate surface area is 237 Å². The molecule has 14 heteroatoms. The highest BCUT2D eigenvalue weighted by atomic mass is 32.1. The van der Waals surface area contributed by atoms with Crippen molar-refractivity contribution in [1.82, 2.24) is 24.5 Å². The minimum Gasteiger partial charge on any atom is -0.389 e. The van der Waals surface area contributed by atoms with Crippen molar-refractivity contribution >= 4 is 49.6 Å². The Kier molecular flexibility index (Phi) is 7.13. The van der Waals surface area contributed by atoms with Crippen LogP contribution in [0.3, 0.4) is 0 Å². The molecule has 2 fully saturated rings. The van der Waals surface area contributed by atoms with Gasteiger partial charge in [0.1, 0.15) is 29.1 Å². The van der Waals surface area contributed by atoms with Crippen molar-refractivity contribution in [1.29, 1.82) is 5.26 Å². The Balaban J connectivity index is 1.21. The smallest absolute Gasteiger partial charge is 0.248 e. The summed E-state index contributed by atoms with van der Waals surface area (Å²) in [5, 5.41) is 25.5. The molecule has 0 spiro atoms. The lowest BCUT2D eigenvalue weighted by molar-refractivity contribution is -0.147. The molecule has 4 aromatic rings. The standard InChI is InChI=1S/C26H27FN8O3S2/c1-3-19-23(32(2)24-30-22(20(10-28)39-24)15-4-6-16(27)7-5-15)35-25(29-19)40-26(31-35)33-9-8-18(13-33)38-14-21(37)34-11-17(36)12-34/h4-7,17-18,36H,3,8-9,11-14H2,1-2H3. The summed E-state index contributed by atoms with van der Waals surface area (Å²) in [6, 6.07) is 8.17. The van der Waals surface area contributed by atoms with Crippen LogP contribution in [-0.2, 0) is 16.0 Å².